The van der Waals surface area contributed by atoms with Crippen LogP contribution in [0.3, 0.4) is 0 Å². The maximum Gasteiger partial charge on any atom is 0.124 e. The predicted molar refractivity (Wildman–Crippen MR) is 43.7 cm³/mol. The molecule has 0 saturated carbocycles. The third-order valence-electron chi connectivity index (χ3n) is 1.26. The molecule has 2 heteroatoms. The van der Waals surface area contributed by atoms with Crippen molar-refractivity contribution in [3.8, 4) is 0 Å². The van der Waals surface area contributed by atoms with Gasteiger partial charge in [0.2, 0.25) is 0 Å². The van der Waals surface area contributed by atoms with Crippen molar-refractivity contribution in [2.45, 2.75) is 13.3 Å². The normalized spacial score (nSPS) is 13.4. The minimum absolute atomic E-state index is 0.484. The Morgan fingerprint density at radius 3 is 2.55 bits per heavy atom. The van der Waals surface area contributed by atoms with Crippen molar-refractivity contribution in [3.63, 3.8) is 0 Å². The largest absolute Gasteiger partial charge is 0.246 e. The van der Waals surface area contributed by atoms with E-state index in [0.29, 0.717) is 12.0 Å². The Labute approximate surface area is 65.9 Å². The molecule has 0 unspecified atom stereocenters. The van der Waals surface area contributed by atoms with Gasteiger partial charge in [0.05, 0.1) is 0 Å². The van der Waals surface area contributed by atoms with Crippen LogP contribution in [0.1, 0.15) is 13.3 Å². The van der Waals surface area contributed by atoms with Gasteiger partial charge in [-0.05, 0) is 18.1 Å². The molecule has 0 aliphatic rings. The first-order valence-corrected chi connectivity index (χ1v) is 3.49. The van der Waals surface area contributed by atoms with Crippen molar-refractivity contribution in [1.82, 2.24) is 0 Å². The summed E-state index contributed by atoms with van der Waals surface area (Å²) in [4.78, 5) is 0. The Balaban J connectivity index is 4.37. The van der Waals surface area contributed by atoms with Gasteiger partial charge in [-0.1, -0.05) is 25.7 Å². The van der Waals surface area contributed by atoms with Crippen LogP contribution in [0, 0.1) is 0 Å². The smallest absolute Gasteiger partial charge is 0.124 e. The van der Waals surface area contributed by atoms with Crippen LogP contribution in [0.4, 0.5) is 8.78 Å². The molecular weight excluding hydrogens is 146 g/mol. The monoisotopic (exact) mass is 158 g/mol. The van der Waals surface area contributed by atoms with E-state index in [1.165, 1.54) is 6.08 Å². The molecule has 0 bridgehead atoms. The Hall–Kier alpha value is -0.920. The number of hydrogen-bond donors (Lipinski definition) is 0. The van der Waals surface area contributed by atoms with E-state index in [4.69, 9.17) is 0 Å². The second-order valence-corrected chi connectivity index (χ2v) is 1.99. The molecule has 0 atom stereocenters. The number of allylic oxidation sites excluding steroid dienone is 5. The topological polar surface area (TPSA) is 0 Å². The number of halogens is 2. The van der Waals surface area contributed by atoms with Crippen LogP contribution >= 0.6 is 0 Å². The molecule has 0 amide bonds. The van der Waals surface area contributed by atoms with Gasteiger partial charge in [-0.25, -0.2) is 8.78 Å². The van der Waals surface area contributed by atoms with E-state index >= 15 is 0 Å². The molecule has 0 aromatic carbocycles. The van der Waals surface area contributed by atoms with E-state index in [1.807, 2.05) is 0 Å². The number of hydrogen-bond acceptors (Lipinski definition) is 0. The van der Waals surface area contributed by atoms with Crippen molar-refractivity contribution < 1.29 is 8.78 Å². The van der Waals surface area contributed by atoms with Crippen LogP contribution in [-0.2, 0) is 0 Å². The first kappa shape index (κ1) is 10.1. The highest BCUT2D eigenvalue weighted by molar-refractivity contribution is 5.27. The molecule has 0 aliphatic heterocycles. The third-order valence-corrected chi connectivity index (χ3v) is 1.26. The van der Waals surface area contributed by atoms with Gasteiger partial charge >= 0.3 is 0 Å². The number of alkyl halides is 1. The lowest BCUT2D eigenvalue weighted by Gasteiger charge is -1.97. The lowest BCUT2D eigenvalue weighted by molar-refractivity contribution is 0.544. The van der Waals surface area contributed by atoms with E-state index in [-0.39, 0.29) is 0 Å². The second-order valence-electron chi connectivity index (χ2n) is 1.99. The quantitative estimate of drug-likeness (QED) is 0.550. The van der Waals surface area contributed by atoms with E-state index in [0.717, 1.165) is 6.08 Å². The summed E-state index contributed by atoms with van der Waals surface area (Å²) >= 11 is 0. The van der Waals surface area contributed by atoms with Crippen molar-refractivity contribution in [2.24, 2.45) is 0 Å². The van der Waals surface area contributed by atoms with Gasteiger partial charge < -0.3 is 0 Å². The van der Waals surface area contributed by atoms with E-state index < -0.39 is 12.5 Å². The highest BCUT2D eigenvalue weighted by Crippen LogP contribution is 2.14. The lowest BCUT2D eigenvalue weighted by Crippen LogP contribution is -1.82. The molecule has 0 radical (unpaired) electrons. The van der Waals surface area contributed by atoms with Crippen LogP contribution in [0.5, 0.6) is 0 Å². The summed E-state index contributed by atoms with van der Waals surface area (Å²) in [6.45, 7) is 4.47. The molecular formula is C9H12F2. The Kier molecular flexibility index (Phi) is 5.35. The molecule has 0 N–H and O–H groups in total. The first-order chi connectivity index (χ1) is 5.26. The van der Waals surface area contributed by atoms with E-state index in [2.05, 4.69) is 6.58 Å². The summed E-state index contributed by atoms with van der Waals surface area (Å²) in [7, 11) is 0. The van der Waals surface area contributed by atoms with Crippen LogP contribution in [0.15, 0.2) is 36.2 Å². The average Bonchev–Trinajstić information content (AvgIpc) is 2.00. The minimum Gasteiger partial charge on any atom is -0.246 e. The summed E-state index contributed by atoms with van der Waals surface area (Å²) in [5, 5.41) is 0. The second kappa shape index (κ2) is 5.83. The highest BCUT2D eigenvalue weighted by atomic mass is 19.1. The van der Waals surface area contributed by atoms with Crippen molar-refractivity contribution in [3.05, 3.63) is 36.2 Å². The van der Waals surface area contributed by atoms with Crippen LogP contribution < -0.4 is 0 Å². The van der Waals surface area contributed by atoms with Crippen molar-refractivity contribution in [1.29, 1.82) is 0 Å². The Morgan fingerprint density at radius 2 is 2.18 bits per heavy atom. The third kappa shape index (κ3) is 3.71. The van der Waals surface area contributed by atoms with Gasteiger partial charge in [-0.2, -0.15) is 0 Å². The van der Waals surface area contributed by atoms with Gasteiger partial charge in [0.1, 0.15) is 12.5 Å². The van der Waals surface area contributed by atoms with Crippen molar-refractivity contribution in [2.75, 3.05) is 6.67 Å². The van der Waals surface area contributed by atoms with Gasteiger partial charge in [-0.15, -0.1) is 0 Å². The Bertz CT molecular complexity index is 178. The lowest BCUT2D eigenvalue weighted by atomic mass is 10.1. The minimum atomic E-state index is -0.764. The summed E-state index contributed by atoms with van der Waals surface area (Å²) in [5.74, 6) is -0.491. The first-order valence-electron chi connectivity index (χ1n) is 3.49. The Morgan fingerprint density at radius 1 is 1.55 bits per heavy atom. The van der Waals surface area contributed by atoms with E-state index in [9.17, 15) is 8.78 Å². The zero-order valence-corrected chi connectivity index (χ0v) is 6.61. The average molecular weight is 158 g/mol. The zero-order valence-electron chi connectivity index (χ0n) is 6.61. The van der Waals surface area contributed by atoms with Gasteiger partial charge in [-0.3, -0.25) is 0 Å². The molecule has 0 aliphatic carbocycles. The molecule has 0 saturated heterocycles. The summed E-state index contributed by atoms with van der Waals surface area (Å²) < 4.78 is 24.4. The maximum absolute atomic E-state index is 12.8. The molecule has 0 aromatic rings. The highest BCUT2D eigenvalue weighted by Gasteiger charge is 1.98. The fourth-order valence-corrected chi connectivity index (χ4v) is 0.707. The number of rotatable bonds is 4. The molecule has 62 valence electrons. The molecule has 0 rings (SSSR count). The summed E-state index contributed by atoms with van der Waals surface area (Å²) in [5.41, 5.74) is 0.484. The molecule has 0 nitrogen and oxygen atoms in total. The molecule has 0 spiro atoms. The standard InChI is InChI=1S/C9H12F2/c1-3-5-8(4-2)9(11)6-7-10/h3,5-6H,1,4,7H2,2H3/b8-5-,9-6+. The molecule has 0 aromatic heterocycles. The SMILES string of the molecule is C=C/C=C(CC)\C(F)=C/CF. The zero-order chi connectivity index (χ0) is 8.69. The van der Waals surface area contributed by atoms with E-state index in [1.54, 1.807) is 13.0 Å². The van der Waals surface area contributed by atoms with Crippen LogP contribution in [0.2, 0.25) is 0 Å². The van der Waals surface area contributed by atoms with Crippen LogP contribution in [0.25, 0.3) is 0 Å². The molecule has 0 fully saturated rings. The van der Waals surface area contributed by atoms with Crippen LogP contribution in [-0.4, -0.2) is 6.67 Å². The fraction of sp³-hybridized carbons (Fsp3) is 0.333. The molecule has 0 heterocycles. The summed E-state index contributed by atoms with van der Waals surface area (Å²) in [6.07, 6.45) is 4.50. The van der Waals surface area contributed by atoms with Gasteiger partial charge in [0, 0.05) is 0 Å². The van der Waals surface area contributed by atoms with Gasteiger partial charge in [0.25, 0.3) is 0 Å². The fourth-order valence-electron chi connectivity index (χ4n) is 0.707. The van der Waals surface area contributed by atoms with Crippen molar-refractivity contribution >= 4 is 0 Å². The van der Waals surface area contributed by atoms with Gasteiger partial charge in [0.15, 0.2) is 0 Å². The molecule has 11 heavy (non-hydrogen) atoms. The maximum atomic E-state index is 12.8. The summed E-state index contributed by atoms with van der Waals surface area (Å²) in [6, 6.07) is 0. The predicted octanol–water partition coefficient (Wildman–Crippen LogP) is 3.33.